The zero-order chi connectivity index (χ0) is 9.68. The summed E-state index contributed by atoms with van der Waals surface area (Å²) in [5, 5.41) is 8.63. The van der Waals surface area contributed by atoms with E-state index >= 15 is 0 Å². The zero-order valence-corrected chi connectivity index (χ0v) is 7.01. The molecule has 3 N–H and O–H groups in total. The number of aliphatic carboxylic acids is 1. The van der Waals surface area contributed by atoms with Crippen LogP contribution >= 0.6 is 0 Å². The minimum Gasteiger partial charge on any atom is -0.479 e. The molecule has 1 aromatic carbocycles. The van der Waals surface area contributed by atoms with Gasteiger partial charge in [0.1, 0.15) is 0 Å². The molecule has 1 rings (SSSR count). The summed E-state index contributed by atoms with van der Waals surface area (Å²) >= 11 is 0. The Bertz CT molecular complexity index is 273. The van der Waals surface area contributed by atoms with Crippen molar-refractivity contribution in [3.63, 3.8) is 0 Å². The number of carboxylic acids is 1. The lowest BCUT2D eigenvalue weighted by Crippen LogP contribution is -2.29. The number of carboxylic acid groups (broad SMARTS) is 1. The number of hydrogen-bond donors (Lipinski definition) is 2. The van der Waals surface area contributed by atoms with Crippen LogP contribution < -0.4 is 5.90 Å². The third kappa shape index (κ3) is 2.85. The average molecular weight is 181 g/mol. The summed E-state index contributed by atoms with van der Waals surface area (Å²) in [6.07, 6.45) is -0.686. The lowest BCUT2D eigenvalue weighted by molar-refractivity contribution is -0.150. The Kier molecular flexibility index (Phi) is 3.42. The highest BCUT2D eigenvalue weighted by Crippen LogP contribution is 2.04. The summed E-state index contributed by atoms with van der Waals surface area (Å²) in [5.41, 5.74) is 0.889. The molecule has 0 bridgehead atoms. The van der Waals surface area contributed by atoms with Crippen LogP contribution in [0.3, 0.4) is 0 Å². The molecular weight excluding hydrogens is 170 g/mol. The molecule has 1 atom stereocenters. The summed E-state index contributed by atoms with van der Waals surface area (Å²) in [7, 11) is 0. The molecule has 0 saturated heterocycles. The van der Waals surface area contributed by atoms with Crippen LogP contribution in [0.2, 0.25) is 0 Å². The van der Waals surface area contributed by atoms with Gasteiger partial charge in [-0.15, -0.1) is 0 Å². The highest BCUT2D eigenvalue weighted by Gasteiger charge is 2.17. The molecule has 0 fully saturated rings. The summed E-state index contributed by atoms with van der Waals surface area (Å²) in [4.78, 5) is 14.8. The maximum Gasteiger partial charge on any atom is 0.335 e. The molecule has 0 aliphatic carbocycles. The second kappa shape index (κ2) is 4.59. The fourth-order valence-electron chi connectivity index (χ4n) is 1.02. The smallest absolute Gasteiger partial charge is 0.335 e. The largest absolute Gasteiger partial charge is 0.479 e. The van der Waals surface area contributed by atoms with E-state index in [4.69, 9.17) is 11.0 Å². The molecule has 0 amide bonds. The Labute approximate surface area is 75.9 Å². The van der Waals surface area contributed by atoms with E-state index in [1.165, 1.54) is 0 Å². The summed E-state index contributed by atoms with van der Waals surface area (Å²) in [5.74, 6) is 3.79. The Morgan fingerprint density at radius 3 is 2.54 bits per heavy atom. The van der Waals surface area contributed by atoms with E-state index < -0.39 is 12.1 Å². The van der Waals surface area contributed by atoms with Crippen LogP contribution in [-0.2, 0) is 16.1 Å². The van der Waals surface area contributed by atoms with Gasteiger partial charge >= 0.3 is 5.97 Å². The molecule has 4 nitrogen and oxygen atoms in total. The van der Waals surface area contributed by atoms with Crippen molar-refractivity contribution in [1.82, 2.24) is 0 Å². The van der Waals surface area contributed by atoms with E-state index in [9.17, 15) is 4.79 Å². The molecule has 0 aromatic heterocycles. The maximum atomic E-state index is 10.5. The van der Waals surface area contributed by atoms with Crippen molar-refractivity contribution >= 4 is 5.97 Å². The van der Waals surface area contributed by atoms with Gasteiger partial charge in [0.25, 0.3) is 0 Å². The SMILES string of the molecule is NO[C@H](Cc1ccccc1)C(=O)O. The molecule has 13 heavy (non-hydrogen) atoms. The van der Waals surface area contributed by atoms with Gasteiger partial charge in [-0.2, -0.15) is 0 Å². The molecule has 0 heterocycles. The van der Waals surface area contributed by atoms with Crippen molar-refractivity contribution in [2.24, 2.45) is 5.90 Å². The summed E-state index contributed by atoms with van der Waals surface area (Å²) in [6.45, 7) is 0. The first kappa shape index (κ1) is 9.70. The van der Waals surface area contributed by atoms with E-state index in [1.54, 1.807) is 0 Å². The topological polar surface area (TPSA) is 72.5 Å². The van der Waals surface area contributed by atoms with Crippen LogP contribution in [0.15, 0.2) is 30.3 Å². The Balaban J connectivity index is 2.62. The second-order valence-corrected chi connectivity index (χ2v) is 2.65. The van der Waals surface area contributed by atoms with E-state index in [2.05, 4.69) is 4.84 Å². The molecule has 1 aromatic rings. The van der Waals surface area contributed by atoms with Gasteiger partial charge in [0, 0.05) is 6.42 Å². The first-order valence-corrected chi connectivity index (χ1v) is 3.86. The van der Waals surface area contributed by atoms with E-state index in [1.807, 2.05) is 30.3 Å². The van der Waals surface area contributed by atoms with Gasteiger partial charge in [-0.3, -0.25) is 4.84 Å². The Hall–Kier alpha value is -1.39. The minimum absolute atomic E-state index is 0.284. The zero-order valence-electron chi connectivity index (χ0n) is 7.01. The van der Waals surface area contributed by atoms with Gasteiger partial charge in [-0.1, -0.05) is 30.3 Å². The van der Waals surface area contributed by atoms with E-state index in [-0.39, 0.29) is 6.42 Å². The van der Waals surface area contributed by atoms with Crippen LogP contribution in [0.4, 0.5) is 0 Å². The second-order valence-electron chi connectivity index (χ2n) is 2.65. The highest BCUT2D eigenvalue weighted by atomic mass is 16.6. The van der Waals surface area contributed by atoms with Crippen LogP contribution in [0.25, 0.3) is 0 Å². The van der Waals surface area contributed by atoms with Crippen molar-refractivity contribution in [3.05, 3.63) is 35.9 Å². The van der Waals surface area contributed by atoms with Crippen molar-refractivity contribution in [3.8, 4) is 0 Å². The predicted octanol–water partition coefficient (Wildman–Crippen LogP) is 0.573. The fraction of sp³-hybridized carbons (Fsp3) is 0.222. The monoisotopic (exact) mass is 181 g/mol. The molecule has 4 heteroatoms. The molecule has 70 valence electrons. The summed E-state index contributed by atoms with van der Waals surface area (Å²) < 4.78 is 0. The highest BCUT2D eigenvalue weighted by molar-refractivity contribution is 5.72. The minimum atomic E-state index is -1.05. The van der Waals surface area contributed by atoms with Crippen LogP contribution in [0.5, 0.6) is 0 Å². The Morgan fingerprint density at radius 2 is 2.08 bits per heavy atom. The fourth-order valence-corrected chi connectivity index (χ4v) is 1.02. The van der Waals surface area contributed by atoms with Gasteiger partial charge < -0.3 is 5.11 Å². The molecule has 0 saturated carbocycles. The third-order valence-electron chi connectivity index (χ3n) is 1.70. The first-order chi connectivity index (χ1) is 6.24. The standard InChI is InChI=1S/C9H11NO3/c10-13-8(9(11)12)6-7-4-2-1-3-5-7/h1-5,8H,6,10H2,(H,11,12)/t8-/m1/s1. The lowest BCUT2D eigenvalue weighted by atomic mass is 10.1. The van der Waals surface area contributed by atoms with Crippen LogP contribution in [-0.4, -0.2) is 17.2 Å². The van der Waals surface area contributed by atoms with Crippen molar-refractivity contribution in [1.29, 1.82) is 0 Å². The van der Waals surface area contributed by atoms with Crippen molar-refractivity contribution in [2.45, 2.75) is 12.5 Å². The molecule has 0 aliphatic rings. The molecule has 0 spiro atoms. The first-order valence-electron chi connectivity index (χ1n) is 3.86. The van der Waals surface area contributed by atoms with Gasteiger partial charge in [0.05, 0.1) is 0 Å². The normalized spacial score (nSPS) is 12.4. The molecule has 0 aliphatic heterocycles. The van der Waals surface area contributed by atoms with Gasteiger partial charge in [0.2, 0.25) is 0 Å². The maximum absolute atomic E-state index is 10.5. The van der Waals surface area contributed by atoms with Crippen molar-refractivity contribution in [2.75, 3.05) is 0 Å². The van der Waals surface area contributed by atoms with Gasteiger partial charge in [-0.25, -0.2) is 10.7 Å². The number of carbonyl (C=O) groups is 1. The quantitative estimate of drug-likeness (QED) is 0.666. The number of benzene rings is 1. The molecule has 0 unspecified atom stereocenters. The number of nitrogens with two attached hydrogens (primary N) is 1. The van der Waals surface area contributed by atoms with E-state index in [0.29, 0.717) is 0 Å². The molecular formula is C9H11NO3. The lowest BCUT2D eigenvalue weighted by Gasteiger charge is -2.08. The predicted molar refractivity (Wildman–Crippen MR) is 46.8 cm³/mol. The van der Waals surface area contributed by atoms with Gasteiger partial charge in [0.15, 0.2) is 6.10 Å². The Morgan fingerprint density at radius 1 is 1.46 bits per heavy atom. The number of hydrogen-bond acceptors (Lipinski definition) is 3. The van der Waals surface area contributed by atoms with Crippen LogP contribution in [0, 0.1) is 0 Å². The summed E-state index contributed by atoms with van der Waals surface area (Å²) in [6, 6.07) is 9.20. The van der Waals surface area contributed by atoms with Gasteiger partial charge in [-0.05, 0) is 5.56 Å². The van der Waals surface area contributed by atoms with E-state index in [0.717, 1.165) is 5.56 Å². The number of rotatable bonds is 4. The third-order valence-corrected chi connectivity index (χ3v) is 1.70. The van der Waals surface area contributed by atoms with Crippen LogP contribution in [0.1, 0.15) is 5.56 Å². The van der Waals surface area contributed by atoms with Crippen molar-refractivity contribution < 1.29 is 14.7 Å². The average Bonchev–Trinajstić information content (AvgIpc) is 2.15. The molecule has 0 radical (unpaired) electrons.